The Morgan fingerprint density at radius 2 is 1.85 bits per heavy atom. The van der Waals surface area contributed by atoms with Gasteiger partial charge in [0.1, 0.15) is 0 Å². The fourth-order valence-corrected chi connectivity index (χ4v) is 4.46. The summed E-state index contributed by atoms with van der Waals surface area (Å²) in [6, 6.07) is 7.87. The molecule has 3 rings (SSSR count). The molecule has 1 atom stereocenters. The van der Waals surface area contributed by atoms with E-state index in [1.54, 1.807) is 0 Å². The predicted octanol–water partition coefficient (Wildman–Crippen LogP) is 1.06. The summed E-state index contributed by atoms with van der Waals surface area (Å²) in [6.07, 6.45) is 2.10. The Bertz CT molecular complexity index is 745. The SMILES string of the molecule is CS(=O)(=O)N1CCC(CN=C(N)N2CCN(c3ccc(Cl)cc3)CC2)C1. The van der Waals surface area contributed by atoms with Crippen LogP contribution in [0, 0.1) is 5.92 Å². The lowest BCUT2D eigenvalue weighted by molar-refractivity contribution is 0.379. The molecule has 1 unspecified atom stereocenters. The molecule has 2 saturated heterocycles. The number of halogens is 1. The minimum absolute atomic E-state index is 0.249. The molecule has 0 amide bonds. The number of anilines is 1. The Morgan fingerprint density at radius 3 is 2.42 bits per heavy atom. The summed E-state index contributed by atoms with van der Waals surface area (Å²) in [4.78, 5) is 8.92. The Labute approximate surface area is 160 Å². The van der Waals surface area contributed by atoms with Crippen LogP contribution in [0.1, 0.15) is 6.42 Å². The molecule has 0 spiro atoms. The summed E-state index contributed by atoms with van der Waals surface area (Å²) in [7, 11) is -3.10. The number of sulfonamides is 1. The molecule has 0 aromatic heterocycles. The van der Waals surface area contributed by atoms with Gasteiger partial charge in [-0.3, -0.25) is 4.99 Å². The molecular formula is C17H26ClN5O2S. The van der Waals surface area contributed by atoms with Crippen LogP contribution in [0.2, 0.25) is 5.02 Å². The van der Waals surface area contributed by atoms with Gasteiger partial charge in [-0.1, -0.05) is 11.6 Å². The molecule has 26 heavy (non-hydrogen) atoms. The van der Waals surface area contributed by atoms with E-state index in [9.17, 15) is 8.42 Å². The predicted molar refractivity (Wildman–Crippen MR) is 106 cm³/mol. The van der Waals surface area contributed by atoms with E-state index in [-0.39, 0.29) is 5.92 Å². The number of nitrogens with two attached hydrogens (primary N) is 1. The van der Waals surface area contributed by atoms with Gasteiger partial charge in [0, 0.05) is 56.5 Å². The zero-order valence-corrected chi connectivity index (χ0v) is 16.6. The largest absolute Gasteiger partial charge is 0.370 e. The van der Waals surface area contributed by atoms with Crippen molar-refractivity contribution in [2.45, 2.75) is 6.42 Å². The zero-order chi connectivity index (χ0) is 18.7. The van der Waals surface area contributed by atoms with Crippen LogP contribution >= 0.6 is 11.6 Å². The van der Waals surface area contributed by atoms with Gasteiger partial charge in [-0.15, -0.1) is 0 Å². The van der Waals surface area contributed by atoms with Crippen molar-refractivity contribution in [3.63, 3.8) is 0 Å². The minimum atomic E-state index is -3.10. The minimum Gasteiger partial charge on any atom is -0.370 e. The average Bonchev–Trinajstić information content (AvgIpc) is 3.10. The standard InChI is InChI=1S/C17H26ClN5O2S/c1-26(24,25)23-7-6-14(13-23)12-20-17(19)22-10-8-21(9-11-22)16-4-2-15(18)3-5-16/h2-5,14H,6-13H2,1H3,(H2,19,20). The van der Waals surface area contributed by atoms with Crippen LogP contribution in [-0.2, 0) is 10.0 Å². The molecular weight excluding hydrogens is 374 g/mol. The second-order valence-electron chi connectivity index (χ2n) is 6.93. The van der Waals surface area contributed by atoms with Crippen molar-refractivity contribution in [3.05, 3.63) is 29.3 Å². The molecule has 2 aliphatic rings. The van der Waals surface area contributed by atoms with Crippen LogP contribution in [0.3, 0.4) is 0 Å². The van der Waals surface area contributed by atoms with Gasteiger partial charge >= 0.3 is 0 Å². The summed E-state index contributed by atoms with van der Waals surface area (Å²) in [6.45, 7) is 5.09. The molecule has 2 fully saturated rings. The van der Waals surface area contributed by atoms with Gasteiger partial charge < -0.3 is 15.5 Å². The first-order chi connectivity index (χ1) is 12.3. The third kappa shape index (κ3) is 4.81. The van der Waals surface area contributed by atoms with Crippen LogP contribution in [0.5, 0.6) is 0 Å². The quantitative estimate of drug-likeness (QED) is 0.604. The Hall–Kier alpha value is -1.51. The van der Waals surface area contributed by atoms with Crippen LogP contribution < -0.4 is 10.6 Å². The van der Waals surface area contributed by atoms with Gasteiger partial charge in [0.15, 0.2) is 5.96 Å². The van der Waals surface area contributed by atoms with E-state index in [0.717, 1.165) is 43.3 Å². The normalized spacial score (nSPS) is 22.8. The first-order valence-corrected chi connectivity index (χ1v) is 11.1. The lowest BCUT2D eigenvalue weighted by Gasteiger charge is -2.36. The number of rotatable bonds is 4. The van der Waals surface area contributed by atoms with Gasteiger partial charge in [-0.2, -0.15) is 0 Å². The Balaban J connectivity index is 1.48. The molecule has 2 heterocycles. The van der Waals surface area contributed by atoms with Crippen molar-refractivity contribution in [3.8, 4) is 0 Å². The highest BCUT2D eigenvalue weighted by Gasteiger charge is 2.28. The fourth-order valence-electron chi connectivity index (χ4n) is 3.42. The first-order valence-electron chi connectivity index (χ1n) is 8.83. The third-order valence-electron chi connectivity index (χ3n) is 5.02. The average molecular weight is 400 g/mol. The van der Waals surface area contributed by atoms with E-state index in [1.807, 2.05) is 24.3 Å². The van der Waals surface area contributed by atoms with Gasteiger partial charge in [0.05, 0.1) is 6.26 Å². The van der Waals surface area contributed by atoms with Crippen molar-refractivity contribution in [2.24, 2.45) is 16.6 Å². The van der Waals surface area contributed by atoms with E-state index >= 15 is 0 Å². The lowest BCUT2D eigenvalue weighted by Crippen LogP contribution is -2.51. The molecule has 0 bridgehead atoms. The van der Waals surface area contributed by atoms with Gasteiger partial charge in [-0.05, 0) is 36.6 Å². The maximum Gasteiger partial charge on any atom is 0.211 e. The molecule has 9 heteroatoms. The number of benzene rings is 1. The number of hydrogen-bond acceptors (Lipinski definition) is 4. The number of piperazine rings is 1. The molecule has 0 saturated carbocycles. The highest BCUT2D eigenvalue weighted by molar-refractivity contribution is 7.88. The number of nitrogens with zero attached hydrogens (tertiary/aromatic N) is 4. The van der Waals surface area contributed by atoms with Gasteiger partial charge in [-0.25, -0.2) is 12.7 Å². The summed E-state index contributed by atoms with van der Waals surface area (Å²) in [5.41, 5.74) is 7.32. The van der Waals surface area contributed by atoms with Crippen molar-refractivity contribution >= 4 is 33.3 Å². The van der Waals surface area contributed by atoms with E-state index in [0.29, 0.717) is 25.6 Å². The maximum absolute atomic E-state index is 11.6. The van der Waals surface area contributed by atoms with Crippen molar-refractivity contribution in [2.75, 3.05) is 57.0 Å². The van der Waals surface area contributed by atoms with Crippen LogP contribution in [-0.4, -0.2) is 75.7 Å². The summed E-state index contributed by atoms with van der Waals surface area (Å²) in [5, 5.41) is 0.741. The lowest BCUT2D eigenvalue weighted by atomic mass is 10.1. The second-order valence-corrected chi connectivity index (χ2v) is 9.34. The highest BCUT2D eigenvalue weighted by Crippen LogP contribution is 2.20. The van der Waals surface area contributed by atoms with E-state index in [4.69, 9.17) is 17.3 Å². The molecule has 2 aliphatic heterocycles. The third-order valence-corrected chi connectivity index (χ3v) is 6.55. The van der Waals surface area contributed by atoms with Crippen LogP contribution in [0.25, 0.3) is 0 Å². The van der Waals surface area contributed by atoms with Crippen molar-refractivity contribution in [1.82, 2.24) is 9.21 Å². The first kappa shape index (κ1) is 19.3. The zero-order valence-electron chi connectivity index (χ0n) is 15.0. The maximum atomic E-state index is 11.6. The summed E-state index contributed by atoms with van der Waals surface area (Å²) < 4.78 is 24.7. The fraction of sp³-hybridized carbons (Fsp3) is 0.588. The molecule has 0 aliphatic carbocycles. The molecule has 7 nitrogen and oxygen atoms in total. The Morgan fingerprint density at radius 1 is 1.19 bits per heavy atom. The van der Waals surface area contributed by atoms with E-state index < -0.39 is 10.0 Å². The molecule has 144 valence electrons. The van der Waals surface area contributed by atoms with Crippen molar-refractivity contribution < 1.29 is 8.42 Å². The number of aliphatic imine (C=N–C) groups is 1. The van der Waals surface area contributed by atoms with E-state index in [2.05, 4.69) is 14.8 Å². The number of hydrogen-bond donors (Lipinski definition) is 1. The molecule has 1 aromatic rings. The molecule has 2 N–H and O–H groups in total. The van der Waals surface area contributed by atoms with Crippen LogP contribution in [0.15, 0.2) is 29.3 Å². The molecule has 0 radical (unpaired) electrons. The highest BCUT2D eigenvalue weighted by atomic mass is 35.5. The van der Waals surface area contributed by atoms with Gasteiger partial charge in [0.2, 0.25) is 10.0 Å². The van der Waals surface area contributed by atoms with Crippen LogP contribution in [0.4, 0.5) is 5.69 Å². The summed E-state index contributed by atoms with van der Waals surface area (Å²) in [5.74, 6) is 0.803. The Kier molecular flexibility index (Phi) is 5.94. The van der Waals surface area contributed by atoms with Crippen molar-refractivity contribution in [1.29, 1.82) is 0 Å². The second kappa shape index (κ2) is 8.02. The van der Waals surface area contributed by atoms with E-state index in [1.165, 1.54) is 10.6 Å². The topological polar surface area (TPSA) is 82.2 Å². The smallest absolute Gasteiger partial charge is 0.211 e. The monoisotopic (exact) mass is 399 g/mol. The summed E-state index contributed by atoms with van der Waals surface area (Å²) >= 11 is 5.94. The van der Waals surface area contributed by atoms with Gasteiger partial charge in [0.25, 0.3) is 0 Å². The number of guanidine groups is 1. The molecule has 1 aromatic carbocycles.